The van der Waals surface area contributed by atoms with Gasteiger partial charge in [0.1, 0.15) is 5.82 Å². The van der Waals surface area contributed by atoms with Crippen molar-refractivity contribution in [3.8, 4) is 0 Å². The fourth-order valence-corrected chi connectivity index (χ4v) is 4.42. The number of hydrogen-bond acceptors (Lipinski definition) is 2. The van der Waals surface area contributed by atoms with Crippen LogP contribution in [0.2, 0.25) is 5.02 Å². The van der Waals surface area contributed by atoms with Gasteiger partial charge in [-0.15, -0.1) is 0 Å². The lowest BCUT2D eigenvalue weighted by Gasteiger charge is -2.33. The maximum Gasteiger partial charge on any atom is 0.235 e. The van der Waals surface area contributed by atoms with Gasteiger partial charge in [-0.1, -0.05) is 30.7 Å². The molecule has 0 radical (unpaired) electrons. The Labute approximate surface area is 163 Å². The van der Waals surface area contributed by atoms with Crippen LogP contribution in [0.5, 0.6) is 0 Å². The first-order valence-electron chi connectivity index (χ1n) is 9.30. The smallest absolute Gasteiger partial charge is 0.235 e. The van der Waals surface area contributed by atoms with Crippen LogP contribution in [0.3, 0.4) is 0 Å². The van der Waals surface area contributed by atoms with E-state index in [9.17, 15) is 9.18 Å². The summed E-state index contributed by atoms with van der Waals surface area (Å²) in [4.78, 5) is 15.6. The van der Waals surface area contributed by atoms with E-state index in [-0.39, 0.29) is 24.2 Å². The Bertz CT molecular complexity index is 1010. The Morgan fingerprint density at radius 2 is 1.96 bits per heavy atom. The summed E-state index contributed by atoms with van der Waals surface area (Å²) in [7, 11) is 2.11. The molecular weight excluding hydrogens is 363 g/mol. The topological polar surface area (TPSA) is 25.2 Å². The second-order valence-electron chi connectivity index (χ2n) is 7.21. The highest BCUT2D eigenvalue weighted by molar-refractivity contribution is 6.31. The minimum absolute atomic E-state index is 0.00364. The first-order chi connectivity index (χ1) is 13.0. The summed E-state index contributed by atoms with van der Waals surface area (Å²) < 4.78 is 15.1. The Kier molecular flexibility index (Phi) is 4.79. The fraction of sp³-hybridized carbons (Fsp3) is 0.318. The Balaban J connectivity index is 1.87. The summed E-state index contributed by atoms with van der Waals surface area (Å²) in [5, 5.41) is 1.75. The van der Waals surface area contributed by atoms with Crippen molar-refractivity contribution in [2.24, 2.45) is 0 Å². The zero-order valence-corrected chi connectivity index (χ0v) is 16.3. The molecule has 0 bridgehead atoms. The molecule has 5 heteroatoms. The van der Waals surface area contributed by atoms with E-state index in [1.54, 1.807) is 12.1 Å². The molecule has 0 amide bonds. The van der Waals surface area contributed by atoms with Gasteiger partial charge in [-0.2, -0.15) is 0 Å². The molecule has 0 fully saturated rings. The minimum atomic E-state index is -0.294. The number of aromatic nitrogens is 1. The number of halogens is 2. The first-order valence-corrected chi connectivity index (χ1v) is 9.68. The molecular formula is C22H22ClFN2O. The molecule has 1 aliphatic rings. The van der Waals surface area contributed by atoms with Crippen molar-refractivity contribution in [2.75, 3.05) is 13.6 Å². The molecule has 0 saturated carbocycles. The van der Waals surface area contributed by atoms with E-state index < -0.39 is 0 Å². The quantitative estimate of drug-likeness (QED) is 0.615. The largest absolute Gasteiger partial charge is 0.298 e. The van der Waals surface area contributed by atoms with Crippen molar-refractivity contribution in [2.45, 2.75) is 32.2 Å². The normalized spacial score (nSPS) is 17.3. The number of benzene rings is 2. The predicted octanol–water partition coefficient (Wildman–Crippen LogP) is 5.26. The average Bonchev–Trinajstić information content (AvgIpc) is 2.97. The van der Waals surface area contributed by atoms with E-state index in [0.717, 1.165) is 41.5 Å². The van der Waals surface area contributed by atoms with Crippen molar-refractivity contribution in [3.05, 3.63) is 70.1 Å². The van der Waals surface area contributed by atoms with Crippen LogP contribution in [-0.2, 0) is 12.8 Å². The van der Waals surface area contributed by atoms with Crippen LogP contribution < -0.4 is 0 Å². The molecule has 27 heavy (non-hydrogen) atoms. The summed E-state index contributed by atoms with van der Waals surface area (Å²) in [5.74, 6) is -0.291. The Hall–Kier alpha value is -2.17. The lowest BCUT2D eigenvalue weighted by molar-refractivity contribution is 0.0905. The number of fused-ring (bicyclic) bond motifs is 3. The maximum atomic E-state index is 13.3. The highest BCUT2D eigenvalue weighted by atomic mass is 35.5. The van der Waals surface area contributed by atoms with Crippen molar-refractivity contribution in [3.63, 3.8) is 0 Å². The third kappa shape index (κ3) is 3.17. The molecule has 0 saturated heterocycles. The highest BCUT2D eigenvalue weighted by Crippen LogP contribution is 2.39. The van der Waals surface area contributed by atoms with Gasteiger partial charge in [0.15, 0.2) is 0 Å². The van der Waals surface area contributed by atoms with Crippen LogP contribution in [0.1, 0.15) is 41.0 Å². The van der Waals surface area contributed by atoms with Gasteiger partial charge in [-0.25, -0.2) is 4.39 Å². The van der Waals surface area contributed by atoms with Gasteiger partial charge in [-0.3, -0.25) is 14.3 Å². The number of rotatable bonds is 3. The lowest BCUT2D eigenvalue weighted by atomic mass is 9.96. The van der Waals surface area contributed by atoms with Gasteiger partial charge in [0.2, 0.25) is 5.91 Å². The van der Waals surface area contributed by atoms with Gasteiger partial charge < -0.3 is 0 Å². The van der Waals surface area contributed by atoms with E-state index in [0.29, 0.717) is 5.02 Å². The van der Waals surface area contributed by atoms with Crippen molar-refractivity contribution < 1.29 is 9.18 Å². The Morgan fingerprint density at radius 1 is 1.22 bits per heavy atom. The van der Waals surface area contributed by atoms with Crippen molar-refractivity contribution in [1.82, 2.24) is 9.47 Å². The molecule has 0 N–H and O–H groups in total. The maximum absolute atomic E-state index is 13.3. The molecule has 0 spiro atoms. The van der Waals surface area contributed by atoms with Crippen molar-refractivity contribution in [1.29, 1.82) is 0 Å². The zero-order valence-electron chi connectivity index (χ0n) is 15.5. The zero-order chi connectivity index (χ0) is 19.1. The van der Waals surface area contributed by atoms with Crippen LogP contribution in [-0.4, -0.2) is 29.0 Å². The SMILES string of the molecule is CCC1c2c(c3cc(Cl)ccc3n2C(=O)Cc2ccc(F)cc2)CCN1C. The van der Waals surface area contributed by atoms with Crippen LogP contribution in [0.25, 0.3) is 10.9 Å². The number of hydrogen-bond donors (Lipinski definition) is 0. The fourth-order valence-electron chi connectivity index (χ4n) is 4.24. The second kappa shape index (κ2) is 7.10. The molecule has 4 rings (SSSR count). The third-order valence-corrected chi connectivity index (χ3v) is 5.78. The molecule has 1 atom stereocenters. The van der Waals surface area contributed by atoms with Gasteiger partial charge >= 0.3 is 0 Å². The molecule has 1 aliphatic heterocycles. The first kappa shape index (κ1) is 18.2. The molecule has 2 heterocycles. The van der Waals surface area contributed by atoms with E-state index in [2.05, 4.69) is 18.9 Å². The number of carbonyl (C=O) groups excluding carboxylic acids is 1. The molecule has 2 aromatic carbocycles. The van der Waals surface area contributed by atoms with E-state index in [4.69, 9.17) is 11.6 Å². The summed E-state index contributed by atoms with van der Waals surface area (Å²) in [5.41, 5.74) is 4.02. The van der Waals surface area contributed by atoms with Crippen LogP contribution in [0.15, 0.2) is 42.5 Å². The van der Waals surface area contributed by atoms with Gasteiger partial charge in [0, 0.05) is 22.6 Å². The lowest BCUT2D eigenvalue weighted by Crippen LogP contribution is -2.34. The van der Waals surface area contributed by atoms with Gasteiger partial charge in [0.05, 0.1) is 18.0 Å². The Morgan fingerprint density at radius 3 is 2.67 bits per heavy atom. The molecule has 3 aromatic rings. The van der Waals surface area contributed by atoms with E-state index in [1.165, 1.54) is 17.7 Å². The number of nitrogens with zero attached hydrogens (tertiary/aromatic N) is 2. The monoisotopic (exact) mass is 384 g/mol. The van der Waals surface area contributed by atoms with Crippen LogP contribution in [0.4, 0.5) is 4.39 Å². The highest BCUT2D eigenvalue weighted by Gasteiger charge is 2.31. The summed E-state index contributed by atoms with van der Waals surface area (Å²) in [6, 6.07) is 12.1. The number of carbonyl (C=O) groups is 1. The van der Waals surface area contributed by atoms with E-state index >= 15 is 0 Å². The molecule has 1 unspecified atom stereocenters. The summed E-state index contributed by atoms with van der Waals surface area (Å²) in [6.45, 7) is 3.11. The number of likely N-dealkylation sites (N-methyl/N-ethyl adjacent to an activating group) is 1. The molecule has 140 valence electrons. The summed E-state index contributed by atoms with van der Waals surface area (Å²) in [6.07, 6.45) is 2.06. The standard InChI is InChI=1S/C22H22ClFN2O/c1-3-19-22-17(10-11-25(19)2)18-13-15(23)6-9-20(18)26(22)21(27)12-14-4-7-16(24)8-5-14/h4-9,13,19H,3,10-12H2,1-2H3. The second-order valence-corrected chi connectivity index (χ2v) is 7.65. The van der Waals surface area contributed by atoms with Gasteiger partial charge in [0.25, 0.3) is 0 Å². The van der Waals surface area contributed by atoms with Gasteiger partial charge in [-0.05, 0) is 61.3 Å². The molecule has 1 aromatic heterocycles. The molecule has 0 aliphatic carbocycles. The van der Waals surface area contributed by atoms with Crippen LogP contribution >= 0.6 is 11.6 Å². The minimum Gasteiger partial charge on any atom is -0.298 e. The van der Waals surface area contributed by atoms with Crippen molar-refractivity contribution >= 4 is 28.4 Å². The third-order valence-electron chi connectivity index (χ3n) is 5.54. The van der Waals surface area contributed by atoms with Crippen LogP contribution in [0, 0.1) is 5.82 Å². The predicted molar refractivity (Wildman–Crippen MR) is 107 cm³/mol. The summed E-state index contributed by atoms with van der Waals surface area (Å²) >= 11 is 6.25. The van der Waals surface area contributed by atoms with E-state index in [1.807, 2.05) is 22.8 Å². The average molecular weight is 385 g/mol. The molecule has 3 nitrogen and oxygen atoms in total.